The summed E-state index contributed by atoms with van der Waals surface area (Å²) in [6.45, 7) is 0. The molecular formula is C26H18ClN3OS. The highest BCUT2D eigenvalue weighted by Gasteiger charge is 2.21. The molecule has 5 rings (SSSR count). The maximum atomic E-state index is 13.1. The number of rotatable bonds is 4. The Morgan fingerprint density at radius 1 is 0.875 bits per heavy atom. The van der Waals surface area contributed by atoms with E-state index in [2.05, 4.69) is 5.32 Å². The van der Waals surface area contributed by atoms with Gasteiger partial charge < -0.3 is 11.1 Å². The molecule has 0 fully saturated rings. The number of nitrogens with two attached hydrogens (primary N) is 1. The third-order valence-electron chi connectivity index (χ3n) is 5.16. The molecule has 0 aliphatic rings. The lowest BCUT2D eigenvalue weighted by atomic mass is 9.99. The molecule has 0 aliphatic heterocycles. The van der Waals surface area contributed by atoms with Crippen molar-refractivity contribution >= 4 is 50.4 Å². The minimum atomic E-state index is -0.270. The van der Waals surface area contributed by atoms with Crippen LogP contribution < -0.4 is 11.1 Å². The number of thiophene rings is 1. The molecule has 5 aromatic rings. The average Bonchev–Trinajstić information content (AvgIpc) is 3.17. The lowest BCUT2D eigenvalue weighted by molar-refractivity contribution is 0.103. The van der Waals surface area contributed by atoms with Crippen LogP contribution in [-0.4, -0.2) is 10.9 Å². The Balaban J connectivity index is 1.66. The van der Waals surface area contributed by atoms with Gasteiger partial charge in [-0.1, -0.05) is 72.3 Å². The zero-order chi connectivity index (χ0) is 22.1. The Morgan fingerprint density at radius 2 is 1.50 bits per heavy atom. The van der Waals surface area contributed by atoms with Gasteiger partial charge in [0.05, 0.1) is 11.4 Å². The molecule has 0 radical (unpaired) electrons. The zero-order valence-electron chi connectivity index (χ0n) is 16.9. The second-order valence-electron chi connectivity index (χ2n) is 7.27. The molecule has 2 heterocycles. The first-order chi connectivity index (χ1) is 15.6. The van der Waals surface area contributed by atoms with Gasteiger partial charge in [0.25, 0.3) is 5.91 Å². The van der Waals surface area contributed by atoms with Crippen LogP contribution in [0.5, 0.6) is 0 Å². The fraction of sp³-hybridized carbons (Fsp3) is 0. The highest BCUT2D eigenvalue weighted by molar-refractivity contribution is 7.21. The number of amides is 1. The number of halogens is 1. The van der Waals surface area contributed by atoms with Crippen molar-refractivity contribution in [3.63, 3.8) is 0 Å². The third kappa shape index (κ3) is 3.84. The smallest absolute Gasteiger partial charge is 0.267 e. The molecule has 0 bridgehead atoms. The van der Waals surface area contributed by atoms with Crippen molar-refractivity contribution in [3.05, 3.63) is 101 Å². The highest BCUT2D eigenvalue weighted by Crippen LogP contribution is 2.41. The van der Waals surface area contributed by atoms with Crippen LogP contribution in [0.4, 0.5) is 11.4 Å². The van der Waals surface area contributed by atoms with Crippen LogP contribution in [0.3, 0.4) is 0 Å². The van der Waals surface area contributed by atoms with E-state index in [1.54, 1.807) is 24.3 Å². The van der Waals surface area contributed by atoms with Gasteiger partial charge in [0.15, 0.2) is 0 Å². The molecule has 6 heteroatoms. The van der Waals surface area contributed by atoms with E-state index in [1.807, 2.05) is 66.7 Å². The van der Waals surface area contributed by atoms with Crippen molar-refractivity contribution in [3.8, 4) is 22.4 Å². The van der Waals surface area contributed by atoms with Gasteiger partial charge in [0, 0.05) is 21.7 Å². The zero-order valence-corrected chi connectivity index (χ0v) is 18.5. The molecule has 0 aliphatic carbocycles. The number of pyridine rings is 1. The van der Waals surface area contributed by atoms with Crippen molar-refractivity contribution in [1.82, 2.24) is 4.98 Å². The van der Waals surface area contributed by atoms with E-state index in [1.165, 1.54) is 11.3 Å². The van der Waals surface area contributed by atoms with E-state index in [-0.39, 0.29) is 5.91 Å². The van der Waals surface area contributed by atoms with Gasteiger partial charge in [-0.15, -0.1) is 11.3 Å². The summed E-state index contributed by atoms with van der Waals surface area (Å²) in [7, 11) is 0. The monoisotopic (exact) mass is 455 g/mol. The molecule has 1 amide bonds. The Labute approximate surface area is 194 Å². The van der Waals surface area contributed by atoms with Gasteiger partial charge in [-0.2, -0.15) is 0 Å². The van der Waals surface area contributed by atoms with Crippen LogP contribution in [0.15, 0.2) is 91.0 Å². The molecule has 0 unspecified atom stereocenters. The highest BCUT2D eigenvalue weighted by atomic mass is 35.5. The van der Waals surface area contributed by atoms with E-state index in [9.17, 15) is 4.79 Å². The first kappa shape index (κ1) is 20.2. The largest absolute Gasteiger partial charge is 0.397 e. The molecule has 156 valence electrons. The van der Waals surface area contributed by atoms with Crippen molar-refractivity contribution in [2.24, 2.45) is 0 Å². The number of benzene rings is 3. The lowest BCUT2D eigenvalue weighted by Gasteiger charge is -2.09. The van der Waals surface area contributed by atoms with Crippen molar-refractivity contribution < 1.29 is 4.79 Å². The van der Waals surface area contributed by atoms with Gasteiger partial charge in [-0.05, 0) is 41.5 Å². The van der Waals surface area contributed by atoms with Crippen LogP contribution in [-0.2, 0) is 0 Å². The molecule has 2 aromatic heterocycles. The predicted molar refractivity (Wildman–Crippen MR) is 134 cm³/mol. The number of carbonyl (C=O) groups is 1. The number of fused-ring (bicyclic) bond motifs is 1. The van der Waals surface area contributed by atoms with Gasteiger partial charge in [0.1, 0.15) is 9.71 Å². The molecular weight excluding hydrogens is 438 g/mol. The van der Waals surface area contributed by atoms with E-state index < -0.39 is 0 Å². The van der Waals surface area contributed by atoms with Crippen LogP contribution >= 0.6 is 22.9 Å². The Hall–Kier alpha value is -3.67. The summed E-state index contributed by atoms with van der Waals surface area (Å²) in [5, 5.41) is 4.30. The minimum absolute atomic E-state index is 0.270. The first-order valence-corrected chi connectivity index (χ1v) is 11.2. The maximum absolute atomic E-state index is 13.1. The maximum Gasteiger partial charge on any atom is 0.267 e. The molecule has 0 atom stereocenters. The van der Waals surface area contributed by atoms with Crippen LogP contribution in [0.2, 0.25) is 5.02 Å². The molecule has 3 N–H and O–H groups in total. The fourth-order valence-electron chi connectivity index (χ4n) is 3.61. The summed E-state index contributed by atoms with van der Waals surface area (Å²) in [4.78, 5) is 19.1. The Morgan fingerprint density at radius 3 is 2.16 bits per heavy atom. The number of hydrogen-bond donors (Lipinski definition) is 2. The second kappa shape index (κ2) is 8.46. The Kier molecular flexibility index (Phi) is 5.35. The van der Waals surface area contributed by atoms with Crippen LogP contribution in [0.25, 0.3) is 32.6 Å². The quantitative estimate of drug-likeness (QED) is 0.303. The summed E-state index contributed by atoms with van der Waals surface area (Å²) in [6.07, 6.45) is 0. The molecule has 32 heavy (non-hydrogen) atoms. The fourth-order valence-corrected chi connectivity index (χ4v) is 4.75. The number of nitrogens with one attached hydrogen (secondary N) is 1. The SMILES string of the molecule is Nc1c(C(=O)Nc2ccc(Cl)cc2)sc2nc(-c3ccccc3)cc(-c3ccccc3)c12. The second-order valence-corrected chi connectivity index (χ2v) is 8.71. The van der Waals surface area contributed by atoms with E-state index in [4.69, 9.17) is 22.3 Å². The number of hydrogen-bond acceptors (Lipinski definition) is 4. The predicted octanol–water partition coefficient (Wildman–Crippen LogP) is 7.12. The molecule has 4 nitrogen and oxygen atoms in total. The van der Waals surface area contributed by atoms with Crippen molar-refractivity contribution in [2.45, 2.75) is 0 Å². The number of anilines is 2. The van der Waals surface area contributed by atoms with Gasteiger partial charge in [0.2, 0.25) is 0 Å². The molecule has 0 saturated carbocycles. The van der Waals surface area contributed by atoms with Crippen molar-refractivity contribution in [1.29, 1.82) is 0 Å². The minimum Gasteiger partial charge on any atom is -0.397 e. The van der Waals surface area contributed by atoms with Gasteiger partial charge in [-0.3, -0.25) is 4.79 Å². The van der Waals surface area contributed by atoms with E-state index >= 15 is 0 Å². The van der Waals surface area contributed by atoms with Gasteiger partial charge >= 0.3 is 0 Å². The topological polar surface area (TPSA) is 68.0 Å². The molecule has 0 saturated heterocycles. The summed E-state index contributed by atoms with van der Waals surface area (Å²) >= 11 is 7.24. The van der Waals surface area contributed by atoms with E-state index in [0.717, 1.165) is 32.6 Å². The average molecular weight is 456 g/mol. The van der Waals surface area contributed by atoms with Crippen molar-refractivity contribution in [2.75, 3.05) is 11.1 Å². The number of nitrogen functional groups attached to an aromatic ring is 1. The van der Waals surface area contributed by atoms with Gasteiger partial charge in [-0.25, -0.2) is 4.98 Å². The molecule has 0 spiro atoms. The summed E-state index contributed by atoms with van der Waals surface area (Å²) in [5.41, 5.74) is 11.4. The number of carbonyl (C=O) groups excluding carboxylic acids is 1. The summed E-state index contributed by atoms with van der Waals surface area (Å²) in [6, 6.07) is 29.0. The lowest BCUT2D eigenvalue weighted by Crippen LogP contribution is -2.11. The summed E-state index contributed by atoms with van der Waals surface area (Å²) in [5.74, 6) is -0.270. The summed E-state index contributed by atoms with van der Waals surface area (Å²) < 4.78 is 0. The normalized spacial score (nSPS) is 10.9. The third-order valence-corrected chi connectivity index (χ3v) is 6.51. The number of aromatic nitrogens is 1. The molecule has 3 aromatic carbocycles. The van der Waals surface area contributed by atoms with Crippen LogP contribution in [0, 0.1) is 0 Å². The standard InChI is InChI=1S/C26H18ClN3OS/c27-18-11-13-19(14-12-18)29-25(31)24-23(28)22-20(16-7-3-1-4-8-16)15-21(30-26(22)32-24)17-9-5-2-6-10-17/h1-15H,28H2,(H,29,31). The number of nitrogens with zero attached hydrogens (tertiary/aromatic N) is 1. The van der Waals surface area contributed by atoms with Crippen LogP contribution in [0.1, 0.15) is 9.67 Å². The Bertz CT molecular complexity index is 1410. The van der Waals surface area contributed by atoms with E-state index in [0.29, 0.717) is 21.3 Å². The first-order valence-electron chi connectivity index (χ1n) is 10.0.